The third-order valence-corrected chi connectivity index (χ3v) is 3.97. The van der Waals surface area contributed by atoms with Crippen LogP contribution in [0, 0.1) is 18.6 Å². The number of aryl methyl sites for hydroxylation is 1. The minimum absolute atomic E-state index is 0.103. The molecule has 0 aliphatic carbocycles. The van der Waals surface area contributed by atoms with Gasteiger partial charge in [-0.1, -0.05) is 6.07 Å². The Balaban J connectivity index is 2.04. The fraction of sp³-hybridized carbons (Fsp3) is 0.214. The van der Waals surface area contributed by atoms with Crippen LogP contribution in [0.3, 0.4) is 0 Å². The minimum Gasteiger partial charge on any atom is -0.386 e. The molecule has 0 unspecified atom stereocenters. The first-order valence-electron chi connectivity index (χ1n) is 5.95. The second-order valence-electron chi connectivity index (χ2n) is 4.29. The lowest BCUT2D eigenvalue weighted by atomic mass is 10.1. The number of benzene rings is 1. The Hall–Kier alpha value is -1.79. The molecular weight excluding hydrogens is 284 g/mol. The molecule has 106 valence electrons. The molecule has 0 fully saturated rings. The molecule has 2 N–H and O–H groups in total. The molecule has 0 aliphatic heterocycles. The van der Waals surface area contributed by atoms with Gasteiger partial charge in [0.25, 0.3) is 5.91 Å². The number of hydrogen-bond acceptors (Lipinski definition) is 3. The van der Waals surface area contributed by atoms with Crippen LogP contribution < -0.4 is 5.32 Å². The smallest absolute Gasteiger partial charge is 0.257 e. The van der Waals surface area contributed by atoms with Crippen LogP contribution in [-0.2, 0) is 0 Å². The number of aliphatic hydroxyl groups is 1. The fourth-order valence-corrected chi connectivity index (χ4v) is 2.72. The van der Waals surface area contributed by atoms with Gasteiger partial charge in [-0.2, -0.15) is 0 Å². The van der Waals surface area contributed by atoms with E-state index in [1.165, 1.54) is 17.4 Å². The maximum Gasteiger partial charge on any atom is 0.257 e. The van der Waals surface area contributed by atoms with Gasteiger partial charge < -0.3 is 10.4 Å². The van der Waals surface area contributed by atoms with E-state index < -0.39 is 29.2 Å². The van der Waals surface area contributed by atoms with Gasteiger partial charge >= 0.3 is 0 Å². The summed E-state index contributed by atoms with van der Waals surface area (Å²) in [6.07, 6.45) is -0.895. The number of aliphatic hydroxyl groups excluding tert-OH is 1. The number of thiophene rings is 1. The summed E-state index contributed by atoms with van der Waals surface area (Å²) in [6, 6.07) is 5.06. The Labute approximate surface area is 118 Å². The van der Waals surface area contributed by atoms with Gasteiger partial charge in [-0.3, -0.25) is 4.79 Å². The number of carbonyl (C=O) groups excluding carboxylic acids is 1. The predicted molar refractivity (Wildman–Crippen MR) is 72.7 cm³/mol. The standard InChI is InChI=1S/C14H13F2NO2S/c1-8-5-6-20-13(8)11(18)7-17-14(19)12-9(15)3-2-4-10(12)16/h2-6,11,18H,7H2,1H3,(H,17,19)/t11-/m1/s1. The molecule has 1 atom stereocenters. The molecule has 2 aromatic rings. The number of halogens is 2. The number of nitrogens with one attached hydrogen (secondary N) is 1. The molecule has 0 saturated heterocycles. The normalized spacial score (nSPS) is 12.2. The van der Waals surface area contributed by atoms with Gasteiger partial charge in [0, 0.05) is 11.4 Å². The zero-order chi connectivity index (χ0) is 14.7. The molecule has 1 heterocycles. The van der Waals surface area contributed by atoms with Crippen LogP contribution in [0.2, 0.25) is 0 Å². The maximum absolute atomic E-state index is 13.4. The average molecular weight is 297 g/mol. The summed E-state index contributed by atoms with van der Waals surface area (Å²) in [5.41, 5.74) is 0.274. The van der Waals surface area contributed by atoms with Gasteiger partial charge in [-0.15, -0.1) is 11.3 Å². The van der Waals surface area contributed by atoms with Crippen LogP contribution in [0.4, 0.5) is 8.78 Å². The summed E-state index contributed by atoms with van der Waals surface area (Å²) in [5.74, 6) is -2.73. The molecule has 20 heavy (non-hydrogen) atoms. The van der Waals surface area contributed by atoms with E-state index in [1.54, 1.807) is 0 Å². The van der Waals surface area contributed by atoms with E-state index in [0.717, 1.165) is 22.6 Å². The second-order valence-corrected chi connectivity index (χ2v) is 5.24. The van der Waals surface area contributed by atoms with Crippen molar-refractivity contribution < 1.29 is 18.7 Å². The van der Waals surface area contributed by atoms with Crippen LogP contribution in [0.15, 0.2) is 29.6 Å². The Morgan fingerprint density at radius 3 is 2.55 bits per heavy atom. The Morgan fingerprint density at radius 2 is 2.00 bits per heavy atom. The molecule has 0 radical (unpaired) electrons. The average Bonchev–Trinajstić information content (AvgIpc) is 2.82. The summed E-state index contributed by atoms with van der Waals surface area (Å²) in [5, 5.41) is 14.1. The van der Waals surface area contributed by atoms with E-state index in [4.69, 9.17) is 0 Å². The molecule has 1 aromatic carbocycles. The summed E-state index contributed by atoms with van der Waals surface area (Å²) < 4.78 is 26.8. The van der Waals surface area contributed by atoms with Crippen molar-refractivity contribution in [1.82, 2.24) is 5.32 Å². The van der Waals surface area contributed by atoms with Crippen LogP contribution in [0.1, 0.15) is 26.9 Å². The summed E-state index contributed by atoms with van der Waals surface area (Å²) in [7, 11) is 0. The van der Waals surface area contributed by atoms with Gasteiger partial charge in [0.1, 0.15) is 23.3 Å². The van der Waals surface area contributed by atoms with Crippen molar-refractivity contribution in [3.63, 3.8) is 0 Å². The highest BCUT2D eigenvalue weighted by Gasteiger charge is 2.19. The molecule has 0 bridgehead atoms. The van der Waals surface area contributed by atoms with E-state index in [-0.39, 0.29) is 6.54 Å². The highest BCUT2D eigenvalue weighted by atomic mass is 32.1. The third-order valence-electron chi connectivity index (χ3n) is 2.85. The number of carbonyl (C=O) groups is 1. The van der Waals surface area contributed by atoms with Gasteiger partial charge in [0.05, 0.1) is 0 Å². The van der Waals surface area contributed by atoms with Crippen molar-refractivity contribution >= 4 is 17.2 Å². The van der Waals surface area contributed by atoms with E-state index in [9.17, 15) is 18.7 Å². The summed E-state index contributed by atoms with van der Waals surface area (Å²) in [4.78, 5) is 12.5. The lowest BCUT2D eigenvalue weighted by molar-refractivity contribution is 0.0909. The lowest BCUT2D eigenvalue weighted by Gasteiger charge is -2.12. The monoisotopic (exact) mass is 297 g/mol. The third kappa shape index (κ3) is 3.02. The van der Waals surface area contributed by atoms with Crippen molar-refractivity contribution in [3.05, 3.63) is 57.3 Å². The van der Waals surface area contributed by atoms with Crippen LogP contribution >= 0.6 is 11.3 Å². The van der Waals surface area contributed by atoms with Gasteiger partial charge in [-0.25, -0.2) is 8.78 Å². The van der Waals surface area contributed by atoms with E-state index in [1.807, 2.05) is 18.4 Å². The topological polar surface area (TPSA) is 49.3 Å². The highest BCUT2D eigenvalue weighted by molar-refractivity contribution is 7.10. The lowest BCUT2D eigenvalue weighted by Crippen LogP contribution is -2.29. The second kappa shape index (κ2) is 6.11. The van der Waals surface area contributed by atoms with Crippen LogP contribution in [0.5, 0.6) is 0 Å². The molecule has 0 spiro atoms. The van der Waals surface area contributed by atoms with Crippen molar-refractivity contribution in [2.45, 2.75) is 13.0 Å². The SMILES string of the molecule is Cc1ccsc1[C@H](O)CNC(=O)c1c(F)cccc1F. The summed E-state index contributed by atoms with van der Waals surface area (Å²) in [6.45, 7) is 1.74. The molecule has 2 rings (SSSR count). The number of hydrogen-bond donors (Lipinski definition) is 2. The highest BCUT2D eigenvalue weighted by Crippen LogP contribution is 2.23. The van der Waals surface area contributed by atoms with E-state index in [0.29, 0.717) is 0 Å². The maximum atomic E-state index is 13.4. The molecule has 0 saturated carbocycles. The Kier molecular flexibility index (Phi) is 4.46. The quantitative estimate of drug-likeness (QED) is 0.911. The van der Waals surface area contributed by atoms with E-state index >= 15 is 0 Å². The first kappa shape index (κ1) is 14.6. The molecule has 6 heteroatoms. The molecule has 0 aliphatic rings. The molecule has 3 nitrogen and oxygen atoms in total. The largest absolute Gasteiger partial charge is 0.386 e. The number of amides is 1. The zero-order valence-corrected chi connectivity index (χ0v) is 11.5. The summed E-state index contributed by atoms with van der Waals surface area (Å²) >= 11 is 1.36. The predicted octanol–water partition coefficient (Wildman–Crippen LogP) is 2.80. The fourth-order valence-electron chi connectivity index (χ4n) is 1.81. The van der Waals surface area contributed by atoms with Gasteiger partial charge in [0.2, 0.25) is 0 Å². The van der Waals surface area contributed by atoms with Crippen LogP contribution in [0.25, 0.3) is 0 Å². The molecule has 1 amide bonds. The zero-order valence-electron chi connectivity index (χ0n) is 10.7. The van der Waals surface area contributed by atoms with Crippen molar-refractivity contribution in [2.24, 2.45) is 0 Å². The molecule has 1 aromatic heterocycles. The Bertz CT molecular complexity index is 607. The van der Waals surface area contributed by atoms with Crippen molar-refractivity contribution in [3.8, 4) is 0 Å². The molecular formula is C14H13F2NO2S. The first-order valence-corrected chi connectivity index (χ1v) is 6.83. The van der Waals surface area contributed by atoms with Gasteiger partial charge in [-0.05, 0) is 36.1 Å². The minimum atomic E-state index is -0.927. The first-order chi connectivity index (χ1) is 9.50. The number of rotatable bonds is 4. The van der Waals surface area contributed by atoms with Gasteiger partial charge in [0.15, 0.2) is 0 Å². The van der Waals surface area contributed by atoms with E-state index in [2.05, 4.69) is 5.32 Å². The van der Waals surface area contributed by atoms with Crippen molar-refractivity contribution in [1.29, 1.82) is 0 Å². The van der Waals surface area contributed by atoms with Crippen LogP contribution in [-0.4, -0.2) is 17.6 Å². The Morgan fingerprint density at radius 1 is 1.35 bits per heavy atom. The van der Waals surface area contributed by atoms with Crippen molar-refractivity contribution in [2.75, 3.05) is 6.54 Å².